The molecule has 0 spiro atoms. The maximum Gasteiger partial charge on any atom is 0.255 e. The third-order valence-corrected chi connectivity index (χ3v) is 11.2. The van der Waals surface area contributed by atoms with Gasteiger partial charge < -0.3 is 15.0 Å². The summed E-state index contributed by atoms with van der Waals surface area (Å²) in [7, 11) is 1.58. The van der Waals surface area contributed by atoms with Crippen LogP contribution in [-0.2, 0) is 9.59 Å². The van der Waals surface area contributed by atoms with Crippen LogP contribution in [0.15, 0.2) is 67.1 Å². The first-order valence-electron chi connectivity index (χ1n) is 18.4. The molecular formula is C39H45N9O4. The molecule has 1 saturated carbocycles. The van der Waals surface area contributed by atoms with Crippen molar-refractivity contribution in [3.05, 3.63) is 78.2 Å². The first kappa shape index (κ1) is 33.8. The zero-order valence-electron chi connectivity index (χ0n) is 29.7. The van der Waals surface area contributed by atoms with Crippen molar-refractivity contribution in [2.24, 2.45) is 5.92 Å². The van der Waals surface area contributed by atoms with Crippen molar-refractivity contribution in [1.82, 2.24) is 39.9 Å². The number of carbonyl (C=O) groups is 3. The largest absolute Gasteiger partial charge is 0.496 e. The predicted octanol–water partition coefficient (Wildman–Crippen LogP) is 4.49. The lowest BCUT2D eigenvalue weighted by molar-refractivity contribution is -0.134. The van der Waals surface area contributed by atoms with E-state index < -0.39 is 0 Å². The first-order chi connectivity index (χ1) is 25.3. The van der Waals surface area contributed by atoms with E-state index in [1.165, 1.54) is 12.1 Å². The lowest BCUT2D eigenvalue weighted by Gasteiger charge is -2.42. The van der Waals surface area contributed by atoms with E-state index in [4.69, 9.17) is 9.84 Å². The molecule has 8 rings (SSSR count). The second-order valence-corrected chi connectivity index (χ2v) is 14.5. The van der Waals surface area contributed by atoms with Gasteiger partial charge in [0, 0.05) is 67.7 Å². The number of aromatic nitrogens is 5. The molecule has 5 aromatic rings. The molecule has 3 fully saturated rings. The Kier molecular flexibility index (Phi) is 9.35. The van der Waals surface area contributed by atoms with Gasteiger partial charge in [0.25, 0.3) is 5.91 Å². The molecule has 2 saturated heterocycles. The number of fused-ring (bicyclic) bond motifs is 2. The Morgan fingerprint density at radius 3 is 2.63 bits per heavy atom. The Hall–Kier alpha value is -5.30. The van der Waals surface area contributed by atoms with E-state index in [1.807, 2.05) is 42.6 Å². The summed E-state index contributed by atoms with van der Waals surface area (Å²) in [5.41, 5.74) is 4.10. The third-order valence-electron chi connectivity index (χ3n) is 11.2. The van der Waals surface area contributed by atoms with Crippen LogP contribution in [0.1, 0.15) is 73.7 Å². The monoisotopic (exact) mass is 703 g/mol. The van der Waals surface area contributed by atoms with Crippen LogP contribution in [0.4, 0.5) is 5.69 Å². The fourth-order valence-electron chi connectivity index (χ4n) is 8.24. The molecule has 13 heteroatoms. The molecule has 2 atom stereocenters. The lowest BCUT2D eigenvalue weighted by atomic mass is 9.84. The molecule has 0 bridgehead atoms. The van der Waals surface area contributed by atoms with Crippen LogP contribution in [0.2, 0.25) is 0 Å². The van der Waals surface area contributed by atoms with Gasteiger partial charge in [-0.2, -0.15) is 14.7 Å². The van der Waals surface area contributed by atoms with Crippen molar-refractivity contribution in [2.45, 2.75) is 69.9 Å². The summed E-state index contributed by atoms with van der Waals surface area (Å²) in [6.45, 7) is 6.37. The zero-order valence-corrected chi connectivity index (χ0v) is 29.7. The average molecular weight is 704 g/mol. The summed E-state index contributed by atoms with van der Waals surface area (Å²) in [6.07, 6.45) is 11.6. The quantitative estimate of drug-likeness (QED) is 0.213. The normalized spacial score (nSPS) is 22.8. The Bertz CT molecular complexity index is 2100. The molecule has 0 radical (unpaired) electrons. The zero-order chi connectivity index (χ0) is 35.8. The highest BCUT2D eigenvalue weighted by molar-refractivity contribution is 6.01. The van der Waals surface area contributed by atoms with Crippen LogP contribution in [0.3, 0.4) is 0 Å². The minimum Gasteiger partial charge on any atom is -0.496 e. The summed E-state index contributed by atoms with van der Waals surface area (Å²) in [5, 5.41) is 15.7. The maximum atomic E-state index is 13.6. The number of amides is 3. The van der Waals surface area contributed by atoms with Crippen molar-refractivity contribution in [2.75, 3.05) is 38.2 Å². The van der Waals surface area contributed by atoms with Crippen LogP contribution < -0.4 is 20.3 Å². The average Bonchev–Trinajstić information content (AvgIpc) is 3.78. The van der Waals surface area contributed by atoms with E-state index in [-0.39, 0.29) is 29.7 Å². The Labute approximate surface area is 302 Å². The number of anilines is 1. The van der Waals surface area contributed by atoms with Gasteiger partial charge in [-0.1, -0.05) is 12.1 Å². The number of ether oxygens (including phenoxy) is 1. The molecular weight excluding hydrogens is 658 g/mol. The molecule has 52 heavy (non-hydrogen) atoms. The number of imide groups is 1. The van der Waals surface area contributed by atoms with Gasteiger partial charge in [-0.3, -0.25) is 24.6 Å². The summed E-state index contributed by atoms with van der Waals surface area (Å²) < 4.78 is 9.10. The molecule has 270 valence electrons. The number of hydrogen-bond acceptors (Lipinski definition) is 9. The molecule has 3 aromatic heterocycles. The minimum atomic E-state index is -0.253. The molecule has 2 aromatic carbocycles. The summed E-state index contributed by atoms with van der Waals surface area (Å²) in [5.74, 6) is 1.12. The Morgan fingerprint density at radius 1 is 1.04 bits per heavy atom. The number of piperidine rings is 1. The van der Waals surface area contributed by atoms with E-state index in [0.29, 0.717) is 41.9 Å². The van der Waals surface area contributed by atoms with Crippen LogP contribution >= 0.6 is 0 Å². The molecule has 5 heterocycles. The number of methoxy groups -OCH3 is 1. The molecule has 13 nitrogen and oxygen atoms in total. The second kappa shape index (κ2) is 14.4. The number of rotatable bonds is 9. The Morgan fingerprint density at radius 2 is 1.87 bits per heavy atom. The highest BCUT2D eigenvalue weighted by atomic mass is 16.5. The van der Waals surface area contributed by atoms with Gasteiger partial charge >= 0.3 is 0 Å². The molecule has 3 aliphatic rings. The van der Waals surface area contributed by atoms with Crippen molar-refractivity contribution >= 4 is 40.0 Å². The fraction of sp³-hybridized carbons (Fsp3) is 0.436. The first-order valence-corrected chi connectivity index (χ1v) is 18.4. The highest BCUT2D eigenvalue weighted by Gasteiger charge is 2.30. The van der Waals surface area contributed by atoms with Gasteiger partial charge in [0.2, 0.25) is 11.8 Å². The lowest BCUT2D eigenvalue weighted by Crippen LogP contribution is -2.52. The van der Waals surface area contributed by atoms with Gasteiger partial charge in [-0.15, -0.1) is 0 Å². The van der Waals surface area contributed by atoms with Gasteiger partial charge in [-0.05, 0) is 93.8 Å². The molecule has 0 unspecified atom stereocenters. The van der Waals surface area contributed by atoms with E-state index in [9.17, 15) is 14.4 Å². The van der Waals surface area contributed by atoms with E-state index in [1.54, 1.807) is 28.7 Å². The standard InChI is InChI=1S/C39H45N9O4/c1-25-23-45(18-19-46(25)30-11-7-27(8-12-30)31-13-14-36(49)43-38(31)50)17-15-26-5-9-29(10-6-26)42-39(51)32-20-28-24-47(44-33(28)21-34(32)52-2)37-22-40-35-4-3-16-41-48(35)37/h3-4,7-8,11-12,16,20-22,24-26,29,31H,5-6,9-10,13-15,17-19,23H2,1-2H3,(H,42,51)(H,43,49,50)/t25-,26?,29?,31-/m0/s1. The topological polar surface area (TPSA) is 139 Å². The van der Waals surface area contributed by atoms with Crippen molar-refractivity contribution in [3.63, 3.8) is 0 Å². The van der Waals surface area contributed by atoms with Crippen molar-refractivity contribution in [1.29, 1.82) is 0 Å². The summed E-state index contributed by atoms with van der Waals surface area (Å²) in [4.78, 5) is 46.9. The molecule has 2 aliphatic heterocycles. The number of hydrogen-bond donors (Lipinski definition) is 2. The number of imidazole rings is 1. The van der Waals surface area contributed by atoms with Crippen LogP contribution in [0.25, 0.3) is 22.4 Å². The Balaban J connectivity index is 0.811. The van der Waals surface area contributed by atoms with Gasteiger partial charge in [0.15, 0.2) is 11.5 Å². The summed E-state index contributed by atoms with van der Waals surface area (Å²) >= 11 is 0. The van der Waals surface area contributed by atoms with Crippen LogP contribution in [0, 0.1) is 5.92 Å². The van der Waals surface area contributed by atoms with Crippen molar-refractivity contribution < 1.29 is 19.1 Å². The highest BCUT2D eigenvalue weighted by Crippen LogP contribution is 2.31. The van der Waals surface area contributed by atoms with E-state index >= 15 is 0 Å². The van der Waals surface area contributed by atoms with E-state index in [0.717, 1.165) is 74.0 Å². The third kappa shape index (κ3) is 6.84. The van der Waals surface area contributed by atoms with Gasteiger partial charge in [-0.25, -0.2) is 9.67 Å². The van der Waals surface area contributed by atoms with Crippen molar-refractivity contribution in [3.8, 4) is 11.6 Å². The number of nitrogens with one attached hydrogen (secondary N) is 2. The predicted molar refractivity (Wildman–Crippen MR) is 197 cm³/mol. The van der Waals surface area contributed by atoms with E-state index in [2.05, 4.69) is 49.6 Å². The minimum absolute atomic E-state index is 0.121. The van der Waals surface area contributed by atoms with Crippen LogP contribution in [0.5, 0.6) is 5.75 Å². The molecule has 3 amide bonds. The number of benzene rings is 2. The SMILES string of the molecule is COc1cc2nn(-c3cnc4cccnn34)cc2cc1C(=O)NC1CCC(CCN2CCN(c3ccc([C@@H]4CCC(=O)NC4=O)cc3)[C@@H](C)C2)CC1. The smallest absolute Gasteiger partial charge is 0.255 e. The van der Waals surface area contributed by atoms with Gasteiger partial charge in [0.05, 0.1) is 30.3 Å². The number of nitrogens with zero attached hydrogens (tertiary/aromatic N) is 7. The van der Waals surface area contributed by atoms with Gasteiger partial charge in [0.1, 0.15) is 5.75 Å². The molecule has 1 aliphatic carbocycles. The molecule has 2 N–H and O–H groups in total. The maximum absolute atomic E-state index is 13.6. The summed E-state index contributed by atoms with van der Waals surface area (Å²) in [6, 6.07) is 16.2. The second-order valence-electron chi connectivity index (χ2n) is 14.5. The fourth-order valence-corrected chi connectivity index (χ4v) is 8.24. The van der Waals surface area contributed by atoms with Crippen LogP contribution in [-0.4, -0.2) is 92.4 Å². The number of carbonyl (C=O) groups excluding carboxylic acids is 3. The number of piperazine rings is 1.